The van der Waals surface area contributed by atoms with Gasteiger partial charge in [0.1, 0.15) is 11.8 Å². The summed E-state index contributed by atoms with van der Waals surface area (Å²) in [4.78, 5) is 10.5. The van der Waals surface area contributed by atoms with E-state index in [1.807, 2.05) is 7.05 Å². The van der Waals surface area contributed by atoms with Crippen molar-refractivity contribution in [2.75, 3.05) is 13.6 Å². The normalized spacial score (nSPS) is 22.6. The zero-order chi connectivity index (χ0) is 13.3. The molecule has 1 N–H and O–H groups in total. The third-order valence-corrected chi connectivity index (χ3v) is 3.29. The minimum atomic E-state index is -0.429. The number of hydrogen-bond donors (Lipinski definition) is 1. The van der Waals surface area contributed by atoms with Crippen molar-refractivity contribution in [1.29, 1.82) is 0 Å². The van der Waals surface area contributed by atoms with Crippen molar-refractivity contribution in [2.24, 2.45) is 13.0 Å². The number of nitrogens with zero attached hydrogens (tertiary/aromatic N) is 3. The molecular weight excluding hydrogens is 236 g/mol. The summed E-state index contributed by atoms with van der Waals surface area (Å²) in [5.74, 6) is 0.874. The van der Waals surface area contributed by atoms with Gasteiger partial charge in [0, 0.05) is 7.05 Å². The number of aromatic nitrogens is 2. The van der Waals surface area contributed by atoms with Gasteiger partial charge in [-0.15, -0.1) is 0 Å². The topological polar surface area (TPSA) is 82.2 Å². The maximum absolute atomic E-state index is 11.0. The maximum Gasteiger partial charge on any atom is 0.353 e. The van der Waals surface area contributed by atoms with Crippen LogP contribution in [0.4, 0.5) is 5.69 Å². The molecule has 1 saturated carbocycles. The Morgan fingerprint density at radius 2 is 2.28 bits per heavy atom. The molecule has 1 heterocycles. The fraction of sp³-hybridized carbons (Fsp3) is 0.727. The van der Waals surface area contributed by atoms with Crippen LogP contribution in [0.3, 0.4) is 0 Å². The minimum Gasteiger partial charge on any atom is -0.470 e. The molecule has 0 spiro atoms. The number of hydrogen-bond acceptors (Lipinski definition) is 5. The van der Waals surface area contributed by atoms with E-state index in [1.54, 1.807) is 14.0 Å². The van der Waals surface area contributed by atoms with E-state index in [4.69, 9.17) is 4.74 Å². The quantitative estimate of drug-likeness (QED) is 0.626. The number of rotatable bonds is 5. The van der Waals surface area contributed by atoms with Gasteiger partial charge < -0.3 is 10.1 Å². The van der Waals surface area contributed by atoms with Crippen molar-refractivity contribution < 1.29 is 9.66 Å². The molecule has 7 heteroatoms. The van der Waals surface area contributed by atoms with E-state index in [-0.39, 0.29) is 17.7 Å². The van der Waals surface area contributed by atoms with Crippen molar-refractivity contribution >= 4 is 5.69 Å². The largest absolute Gasteiger partial charge is 0.470 e. The van der Waals surface area contributed by atoms with Crippen LogP contribution in [-0.4, -0.2) is 34.4 Å². The highest BCUT2D eigenvalue weighted by molar-refractivity contribution is 5.45. The van der Waals surface area contributed by atoms with Gasteiger partial charge in [-0.1, -0.05) is 0 Å². The average Bonchev–Trinajstić information content (AvgIpc) is 2.50. The fourth-order valence-corrected chi connectivity index (χ4v) is 2.35. The third kappa shape index (κ3) is 2.31. The fourth-order valence-electron chi connectivity index (χ4n) is 2.35. The molecule has 1 aromatic heterocycles. The second kappa shape index (κ2) is 4.93. The van der Waals surface area contributed by atoms with Gasteiger partial charge in [-0.3, -0.25) is 10.1 Å². The lowest BCUT2D eigenvalue weighted by atomic mass is 9.82. The monoisotopic (exact) mass is 254 g/mol. The molecule has 0 aromatic carbocycles. The van der Waals surface area contributed by atoms with Crippen LogP contribution < -0.4 is 10.1 Å². The highest BCUT2D eigenvalue weighted by Gasteiger charge is 2.34. The van der Waals surface area contributed by atoms with Crippen LogP contribution in [0.1, 0.15) is 18.5 Å². The number of ether oxygens (including phenoxy) is 1. The van der Waals surface area contributed by atoms with Gasteiger partial charge in [-0.25, -0.2) is 4.68 Å². The molecule has 1 aromatic rings. The summed E-state index contributed by atoms with van der Waals surface area (Å²) in [6.45, 7) is 2.59. The van der Waals surface area contributed by atoms with E-state index >= 15 is 0 Å². The van der Waals surface area contributed by atoms with Crippen LogP contribution in [0, 0.1) is 23.0 Å². The molecule has 1 fully saturated rings. The Bertz CT molecular complexity index is 451. The van der Waals surface area contributed by atoms with E-state index in [1.165, 1.54) is 4.68 Å². The molecule has 100 valence electrons. The predicted octanol–water partition coefficient (Wildman–Crippen LogP) is 1.01. The van der Waals surface area contributed by atoms with Gasteiger partial charge in [0.2, 0.25) is 0 Å². The maximum atomic E-state index is 11.0. The zero-order valence-electron chi connectivity index (χ0n) is 10.8. The summed E-state index contributed by atoms with van der Waals surface area (Å²) in [6.07, 6.45) is 1.93. The summed E-state index contributed by atoms with van der Waals surface area (Å²) < 4.78 is 7.15. The molecule has 18 heavy (non-hydrogen) atoms. The Balaban J connectivity index is 2.04. The first kappa shape index (κ1) is 12.8. The highest BCUT2D eigenvalue weighted by Crippen LogP contribution is 2.36. The minimum absolute atomic E-state index is 0.0189. The molecule has 1 aliphatic carbocycles. The Kier molecular flexibility index (Phi) is 3.51. The van der Waals surface area contributed by atoms with Crippen LogP contribution in [0.2, 0.25) is 0 Å². The zero-order valence-corrected chi connectivity index (χ0v) is 10.8. The van der Waals surface area contributed by atoms with E-state index in [0.717, 1.165) is 19.4 Å². The standard InChI is InChI=1S/C11H18N4O3/c1-7-10(15(16)17)11(14(3)13-7)18-9-4-8(5-9)6-12-2/h8-9,12H,4-6H2,1-3H3. The van der Waals surface area contributed by atoms with Crippen molar-refractivity contribution in [2.45, 2.75) is 25.9 Å². The van der Waals surface area contributed by atoms with Crippen LogP contribution in [0.5, 0.6) is 5.88 Å². The van der Waals surface area contributed by atoms with E-state index in [2.05, 4.69) is 10.4 Å². The molecular formula is C11H18N4O3. The lowest BCUT2D eigenvalue weighted by Crippen LogP contribution is -2.39. The lowest BCUT2D eigenvalue weighted by molar-refractivity contribution is -0.386. The lowest BCUT2D eigenvalue weighted by Gasteiger charge is -2.34. The predicted molar refractivity (Wildman–Crippen MR) is 65.7 cm³/mol. The molecule has 1 aliphatic rings. The number of aryl methyl sites for hydroxylation is 2. The van der Waals surface area contributed by atoms with E-state index in [0.29, 0.717) is 11.6 Å². The number of nitrogens with one attached hydrogen (secondary N) is 1. The van der Waals surface area contributed by atoms with Crippen LogP contribution in [0.15, 0.2) is 0 Å². The van der Waals surface area contributed by atoms with Crippen molar-refractivity contribution in [1.82, 2.24) is 15.1 Å². The summed E-state index contributed by atoms with van der Waals surface area (Å²) in [5.41, 5.74) is 0.373. The smallest absolute Gasteiger partial charge is 0.353 e. The first-order valence-electron chi connectivity index (χ1n) is 6.02. The van der Waals surface area contributed by atoms with Gasteiger partial charge >= 0.3 is 5.69 Å². The molecule has 0 amide bonds. The Hall–Kier alpha value is -1.63. The van der Waals surface area contributed by atoms with Crippen LogP contribution in [-0.2, 0) is 7.05 Å². The summed E-state index contributed by atoms with van der Waals surface area (Å²) in [7, 11) is 3.59. The first-order chi connectivity index (χ1) is 8.52. The van der Waals surface area contributed by atoms with Crippen molar-refractivity contribution in [3.8, 4) is 5.88 Å². The van der Waals surface area contributed by atoms with Gasteiger partial charge in [0.25, 0.3) is 5.88 Å². The van der Waals surface area contributed by atoms with E-state index in [9.17, 15) is 10.1 Å². The second-order valence-corrected chi connectivity index (χ2v) is 4.75. The Morgan fingerprint density at radius 3 is 2.83 bits per heavy atom. The molecule has 0 radical (unpaired) electrons. The van der Waals surface area contributed by atoms with Gasteiger partial charge in [0.05, 0.1) is 4.92 Å². The molecule has 0 unspecified atom stereocenters. The second-order valence-electron chi connectivity index (χ2n) is 4.75. The molecule has 2 rings (SSSR count). The van der Waals surface area contributed by atoms with Crippen molar-refractivity contribution in [3.05, 3.63) is 15.8 Å². The highest BCUT2D eigenvalue weighted by atomic mass is 16.6. The molecule has 0 aliphatic heterocycles. The summed E-state index contributed by atoms with van der Waals surface area (Å²) in [6, 6.07) is 0. The van der Waals surface area contributed by atoms with Crippen LogP contribution in [0.25, 0.3) is 0 Å². The van der Waals surface area contributed by atoms with Crippen molar-refractivity contribution in [3.63, 3.8) is 0 Å². The van der Waals surface area contributed by atoms with Gasteiger partial charge in [0.15, 0.2) is 0 Å². The van der Waals surface area contributed by atoms with Gasteiger partial charge in [-0.05, 0) is 39.3 Å². The molecule has 7 nitrogen and oxygen atoms in total. The third-order valence-electron chi connectivity index (χ3n) is 3.29. The first-order valence-corrected chi connectivity index (χ1v) is 6.02. The molecule has 0 atom stereocenters. The van der Waals surface area contributed by atoms with Gasteiger partial charge in [-0.2, -0.15) is 5.10 Å². The Morgan fingerprint density at radius 1 is 1.61 bits per heavy atom. The summed E-state index contributed by atoms with van der Waals surface area (Å²) in [5, 5.41) is 18.1. The molecule has 0 bridgehead atoms. The number of nitro groups is 1. The summed E-state index contributed by atoms with van der Waals surface area (Å²) >= 11 is 0. The Labute approximate surface area is 105 Å². The van der Waals surface area contributed by atoms with Crippen LogP contribution >= 0.6 is 0 Å². The average molecular weight is 254 g/mol. The van der Waals surface area contributed by atoms with E-state index < -0.39 is 4.92 Å². The molecule has 0 saturated heterocycles. The SMILES string of the molecule is CNCC1CC(Oc2c([N+](=O)[O-])c(C)nn2C)C1.